The molecule has 0 aromatic heterocycles. The lowest BCUT2D eigenvalue weighted by molar-refractivity contribution is -0.207. The van der Waals surface area contributed by atoms with Gasteiger partial charge in [-0.05, 0) is 32.1 Å². The Hall–Kier alpha value is -2.49. The van der Waals surface area contributed by atoms with Crippen molar-refractivity contribution in [3.05, 3.63) is 36.0 Å². The molecule has 9 nitrogen and oxygen atoms in total. The highest BCUT2D eigenvalue weighted by Crippen LogP contribution is 2.57. The maximum atomic E-state index is 12.9. The summed E-state index contributed by atoms with van der Waals surface area (Å²) in [7, 11) is 0. The predicted octanol–water partition coefficient (Wildman–Crippen LogP) is 2.42. The number of cyclic esters (lactones) is 2. The van der Waals surface area contributed by atoms with E-state index in [9.17, 15) is 19.5 Å². The van der Waals surface area contributed by atoms with Crippen LogP contribution in [-0.2, 0) is 38.1 Å². The quantitative estimate of drug-likeness (QED) is 0.301. The molecule has 0 amide bonds. The number of carbonyl (C=O) groups excluding carboxylic acids is 3. The number of hydrogen-bond acceptors (Lipinski definition) is 9. The number of aliphatic hydroxyl groups is 1. The molecule has 9 heteroatoms. The molecule has 7 atom stereocenters. The fourth-order valence-electron chi connectivity index (χ4n) is 5.69. The Balaban J connectivity index is 1.72. The molecule has 0 aromatic carbocycles. The van der Waals surface area contributed by atoms with Gasteiger partial charge in [-0.3, -0.25) is 0 Å². The molecule has 3 heterocycles. The number of hydrogen-bond donors (Lipinski definition) is 1. The number of esters is 3. The van der Waals surface area contributed by atoms with Crippen LogP contribution >= 0.6 is 0 Å². The molecule has 0 radical (unpaired) electrons. The van der Waals surface area contributed by atoms with Gasteiger partial charge in [0.05, 0.1) is 32.0 Å². The monoisotopic (exact) mass is 504 g/mol. The zero-order valence-electron chi connectivity index (χ0n) is 21.1. The molecule has 2 fully saturated rings. The normalized spacial score (nSPS) is 42.2. The molecule has 0 saturated carbocycles. The van der Waals surface area contributed by atoms with E-state index in [-0.39, 0.29) is 31.8 Å². The number of rotatable bonds is 0. The van der Waals surface area contributed by atoms with Gasteiger partial charge >= 0.3 is 17.9 Å². The second-order valence-electron chi connectivity index (χ2n) is 10.6. The zero-order chi connectivity index (χ0) is 25.9. The molecular weight excluding hydrogens is 468 g/mol. The molecule has 4 bridgehead atoms. The minimum Gasteiger partial charge on any atom is -0.463 e. The second-order valence-corrected chi connectivity index (χ2v) is 10.6. The van der Waals surface area contributed by atoms with Crippen molar-refractivity contribution in [2.75, 3.05) is 26.4 Å². The standard InChI is InChI=1S/C27H36O9/c1-17-8-10-27-16-34-25(31)24(30)18(2)9-11-33-22(28)6-4-5-7-23(29)36-20-13-19(35-21(27)12-17)14-32-15-26(20,27)3/h4-7,12,18-21,24,30H,8-11,13-16H2,1-3H3/b6-4+,7-5-/t18-,19-,20-,21?,24+,26-,27-/m1/s1. The van der Waals surface area contributed by atoms with Crippen molar-refractivity contribution in [1.29, 1.82) is 0 Å². The van der Waals surface area contributed by atoms with Crippen LogP contribution in [0.25, 0.3) is 0 Å². The first-order chi connectivity index (χ1) is 17.1. The van der Waals surface area contributed by atoms with Crippen LogP contribution in [0.2, 0.25) is 0 Å². The minimum absolute atomic E-state index is 0.0156. The highest BCUT2D eigenvalue weighted by atomic mass is 16.6. The number of ether oxygens (including phenoxy) is 5. The number of allylic oxidation sites excluding steroid dienone is 3. The van der Waals surface area contributed by atoms with Crippen LogP contribution in [0.5, 0.6) is 0 Å². The van der Waals surface area contributed by atoms with E-state index in [0.717, 1.165) is 6.42 Å². The molecule has 1 unspecified atom stereocenters. The first-order valence-corrected chi connectivity index (χ1v) is 12.6. The lowest BCUT2D eigenvalue weighted by atomic mass is 9.55. The maximum Gasteiger partial charge on any atom is 0.335 e. The van der Waals surface area contributed by atoms with Crippen molar-refractivity contribution in [3.63, 3.8) is 0 Å². The van der Waals surface area contributed by atoms with Crippen molar-refractivity contribution in [2.45, 2.75) is 70.9 Å². The Morgan fingerprint density at radius 1 is 1.06 bits per heavy atom. The third-order valence-electron chi connectivity index (χ3n) is 8.22. The first kappa shape index (κ1) is 26.6. The molecule has 198 valence electrons. The van der Waals surface area contributed by atoms with Gasteiger partial charge in [-0.25, -0.2) is 14.4 Å². The van der Waals surface area contributed by atoms with Crippen LogP contribution in [0.4, 0.5) is 0 Å². The first-order valence-electron chi connectivity index (χ1n) is 12.6. The smallest absolute Gasteiger partial charge is 0.335 e. The van der Waals surface area contributed by atoms with Gasteiger partial charge in [0.1, 0.15) is 12.7 Å². The van der Waals surface area contributed by atoms with Crippen LogP contribution in [0.15, 0.2) is 36.0 Å². The third kappa shape index (κ3) is 5.28. The van der Waals surface area contributed by atoms with Crippen LogP contribution in [0, 0.1) is 16.7 Å². The molecule has 3 aliphatic heterocycles. The summed E-state index contributed by atoms with van der Waals surface area (Å²) in [6.07, 6.45) is 6.94. The summed E-state index contributed by atoms with van der Waals surface area (Å²) in [5, 5.41) is 10.6. The number of fused-ring (bicyclic) bond motifs is 1. The van der Waals surface area contributed by atoms with Crippen molar-refractivity contribution in [2.24, 2.45) is 16.7 Å². The minimum atomic E-state index is -1.37. The predicted molar refractivity (Wildman–Crippen MR) is 127 cm³/mol. The maximum absolute atomic E-state index is 12.9. The molecule has 4 rings (SSSR count). The van der Waals surface area contributed by atoms with Gasteiger partial charge in [0.2, 0.25) is 0 Å². The summed E-state index contributed by atoms with van der Waals surface area (Å²) in [5.74, 6) is -2.37. The molecule has 4 aliphatic rings. The summed E-state index contributed by atoms with van der Waals surface area (Å²) in [4.78, 5) is 37.6. The largest absolute Gasteiger partial charge is 0.463 e. The summed E-state index contributed by atoms with van der Waals surface area (Å²) in [6, 6.07) is 0. The van der Waals surface area contributed by atoms with Crippen LogP contribution in [-0.4, -0.2) is 73.9 Å². The van der Waals surface area contributed by atoms with E-state index in [2.05, 4.69) is 13.0 Å². The van der Waals surface area contributed by atoms with Crippen molar-refractivity contribution < 1.29 is 43.2 Å². The molecule has 2 saturated heterocycles. The van der Waals surface area contributed by atoms with Gasteiger partial charge in [-0.15, -0.1) is 0 Å². The molecule has 1 spiro atoms. The van der Waals surface area contributed by atoms with E-state index in [1.165, 1.54) is 29.9 Å². The van der Waals surface area contributed by atoms with Crippen molar-refractivity contribution in [3.8, 4) is 0 Å². The average molecular weight is 505 g/mol. The second kappa shape index (κ2) is 10.9. The molecule has 36 heavy (non-hydrogen) atoms. The molecule has 0 aromatic rings. The van der Waals surface area contributed by atoms with Crippen LogP contribution in [0.1, 0.15) is 46.5 Å². The zero-order valence-corrected chi connectivity index (χ0v) is 21.1. The topological polar surface area (TPSA) is 118 Å². The van der Waals surface area contributed by atoms with E-state index in [4.69, 9.17) is 23.7 Å². The van der Waals surface area contributed by atoms with Crippen molar-refractivity contribution >= 4 is 17.9 Å². The third-order valence-corrected chi connectivity index (χ3v) is 8.22. The molecular formula is C27H36O9. The van der Waals surface area contributed by atoms with Crippen molar-refractivity contribution in [1.82, 2.24) is 0 Å². The van der Waals surface area contributed by atoms with Gasteiger partial charge in [-0.2, -0.15) is 0 Å². The Kier molecular flexibility index (Phi) is 8.02. The van der Waals surface area contributed by atoms with E-state index in [1.807, 2.05) is 6.92 Å². The lowest BCUT2D eigenvalue weighted by Gasteiger charge is -2.54. The van der Waals surface area contributed by atoms with E-state index in [0.29, 0.717) is 26.1 Å². The SMILES string of the molecule is CC1=CC2O[C@H]3COC[C@]4(C)[C@@H](C3)OC(=O)/C=C\C=C\C(=O)OCC[C@@H](C)[C@H](O)C(=O)OC[C@]24CC1. The Morgan fingerprint density at radius 3 is 2.58 bits per heavy atom. The van der Waals surface area contributed by atoms with E-state index >= 15 is 0 Å². The van der Waals surface area contributed by atoms with Gasteiger partial charge in [0, 0.05) is 29.4 Å². The van der Waals surface area contributed by atoms with Crippen LogP contribution < -0.4 is 0 Å². The fraction of sp³-hybridized carbons (Fsp3) is 0.667. The number of aliphatic hydroxyl groups excluding tert-OH is 1. The Bertz CT molecular complexity index is 953. The van der Waals surface area contributed by atoms with Gasteiger partial charge in [0.15, 0.2) is 6.10 Å². The Labute approximate surface area is 211 Å². The molecule has 1 N–H and O–H groups in total. The van der Waals surface area contributed by atoms with E-state index in [1.54, 1.807) is 6.92 Å². The summed E-state index contributed by atoms with van der Waals surface area (Å²) >= 11 is 0. The molecule has 1 aliphatic carbocycles. The highest BCUT2D eigenvalue weighted by molar-refractivity contribution is 5.84. The number of carbonyl (C=O) groups is 3. The summed E-state index contributed by atoms with van der Waals surface area (Å²) < 4.78 is 29.4. The summed E-state index contributed by atoms with van der Waals surface area (Å²) in [6.45, 7) is 6.46. The van der Waals surface area contributed by atoms with Gasteiger partial charge in [0.25, 0.3) is 0 Å². The highest BCUT2D eigenvalue weighted by Gasteiger charge is 2.63. The van der Waals surface area contributed by atoms with E-state index < -0.39 is 46.9 Å². The average Bonchev–Trinajstić information content (AvgIpc) is 3.04. The van der Waals surface area contributed by atoms with Gasteiger partial charge < -0.3 is 28.8 Å². The van der Waals surface area contributed by atoms with Crippen LogP contribution in [0.3, 0.4) is 0 Å². The lowest BCUT2D eigenvalue weighted by Crippen LogP contribution is -2.60. The summed E-state index contributed by atoms with van der Waals surface area (Å²) in [5.41, 5.74) is -0.270. The fourth-order valence-corrected chi connectivity index (χ4v) is 5.69. The van der Waals surface area contributed by atoms with Gasteiger partial charge in [-0.1, -0.05) is 37.6 Å². The Morgan fingerprint density at radius 2 is 1.81 bits per heavy atom.